The highest BCUT2D eigenvalue weighted by molar-refractivity contribution is 5.99. The van der Waals surface area contributed by atoms with Gasteiger partial charge in [-0.1, -0.05) is 5.16 Å². The molecule has 0 aliphatic heterocycles. The van der Waals surface area contributed by atoms with E-state index in [0.29, 0.717) is 30.0 Å². The number of pyridine rings is 1. The van der Waals surface area contributed by atoms with Crippen LogP contribution in [0.3, 0.4) is 0 Å². The maximum Gasteiger partial charge on any atom is 0.173 e. The molecule has 0 amide bonds. The summed E-state index contributed by atoms with van der Waals surface area (Å²) in [4.78, 5) is 6.33. The average Bonchev–Trinajstić information content (AvgIpc) is 2.42. The Morgan fingerprint density at radius 1 is 1.40 bits per heavy atom. The Labute approximate surface area is 120 Å². The summed E-state index contributed by atoms with van der Waals surface area (Å²) in [5.41, 5.74) is 6.15. The predicted octanol–water partition coefficient (Wildman–Crippen LogP) is 1.67. The van der Waals surface area contributed by atoms with Crippen LogP contribution in [0.4, 0.5) is 0 Å². The van der Waals surface area contributed by atoms with Gasteiger partial charge in [0.05, 0.1) is 11.8 Å². The van der Waals surface area contributed by atoms with E-state index in [9.17, 15) is 0 Å². The number of nitrogens with two attached hydrogens (primary N) is 1. The van der Waals surface area contributed by atoms with E-state index >= 15 is 0 Å². The van der Waals surface area contributed by atoms with Crippen LogP contribution in [0.25, 0.3) is 0 Å². The minimum Gasteiger partial charge on any atom is -0.490 e. The van der Waals surface area contributed by atoms with Gasteiger partial charge in [0.2, 0.25) is 0 Å². The third-order valence-electron chi connectivity index (χ3n) is 3.10. The normalized spacial score (nSPS) is 12.4. The van der Waals surface area contributed by atoms with Gasteiger partial charge in [0.25, 0.3) is 0 Å². The summed E-state index contributed by atoms with van der Waals surface area (Å²) in [6.07, 6.45) is 3.15. The van der Waals surface area contributed by atoms with Crippen molar-refractivity contribution in [2.75, 3.05) is 13.2 Å². The standard InChI is InChI=1S/C14H24N4O2/c1-10(2)18(11(3)4)7-8-20-13-9-16-6-5-12(13)14(15)17-19/h5-6,9-11,19H,7-8H2,1-4H3,(H2,15,17). The van der Waals surface area contributed by atoms with Crippen LogP contribution in [0.15, 0.2) is 23.6 Å². The predicted molar refractivity (Wildman–Crippen MR) is 79.2 cm³/mol. The lowest BCUT2D eigenvalue weighted by molar-refractivity contribution is 0.141. The van der Waals surface area contributed by atoms with E-state index in [1.165, 1.54) is 0 Å². The lowest BCUT2D eigenvalue weighted by Crippen LogP contribution is -2.39. The van der Waals surface area contributed by atoms with Crippen molar-refractivity contribution < 1.29 is 9.94 Å². The fraction of sp³-hybridized carbons (Fsp3) is 0.571. The number of nitrogens with zero attached hydrogens (tertiary/aromatic N) is 3. The van der Waals surface area contributed by atoms with E-state index in [-0.39, 0.29) is 5.84 Å². The molecule has 0 aliphatic carbocycles. The molecule has 0 bridgehead atoms. The Morgan fingerprint density at radius 3 is 2.60 bits per heavy atom. The smallest absolute Gasteiger partial charge is 0.173 e. The van der Waals surface area contributed by atoms with Crippen LogP contribution in [-0.4, -0.2) is 46.2 Å². The fourth-order valence-electron chi connectivity index (χ4n) is 2.13. The van der Waals surface area contributed by atoms with Gasteiger partial charge in [-0.05, 0) is 33.8 Å². The Balaban J connectivity index is 2.67. The second-order valence-corrected chi connectivity index (χ2v) is 5.13. The van der Waals surface area contributed by atoms with Crippen LogP contribution in [0.5, 0.6) is 5.75 Å². The molecule has 0 spiro atoms. The minimum atomic E-state index is 0.0203. The zero-order chi connectivity index (χ0) is 15.1. The molecular formula is C14H24N4O2. The van der Waals surface area contributed by atoms with Crippen LogP contribution < -0.4 is 10.5 Å². The van der Waals surface area contributed by atoms with E-state index in [2.05, 4.69) is 42.7 Å². The van der Waals surface area contributed by atoms with Crippen molar-refractivity contribution in [1.82, 2.24) is 9.88 Å². The van der Waals surface area contributed by atoms with Gasteiger partial charge in [0.15, 0.2) is 5.84 Å². The van der Waals surface area contributed by atoms with Gasteiger partial charge < -0.3 is 15.7 Å². The van der Waals surface area contributed by atoms with E-state index < -0.39 is 0 Å². The van der Waals surface area contributed by atoms with Crippen molar-refractivity contribution in [3.05, 3.63) is 24.0 Å². The van der Waals surface area contributed by atoms with Crippen molar-refractivity contribution in [3.8, 4) is 5.75 Å². The lowest BCUT2D eigenvalue weighted by atomic mass is 10.2. The molecule has 0 saturated carbocycles. The maximum atomic E-state index is 8.75. The first-order chi connectivity index (χ1) is 9.47. The van der Waals surface area contributed by atoms with E-state index in [1.54, 1.807) is 18.5 Å². The number of ether oxygens (including phenoxy) is 1. The van der Waals surface area contributed by atoms with Gasteiger partial charge >= 0.3 is 0 Å². The minimum absolute atomic E-state index is 0.0203. The SMILES string of the molecule is CC(C)N(CCOc1cnccc1/C(N)=N/O)C(C)C. The van der Waals surface area contributed by atoms with Crippen LogP contribution >= 0.6 is 0 Å². The molecule has 0 atom stereocenters. The molecule has 6 heteroatoms. The van der Waals surface area contributed by atoms with Crippen molar-refractivity contribution in [2.45, 2.75) is 39.8 Å². The number of hydrogen-bond donors (Lipinski definition) is 2. The zero-order valence-electron chi connectivity index (χ0n) is 12.6. The molecule has 0 saturated heterocycles. The van der Waals surface area contributed by atoms with Crippen LogP contribution in [0, 0.1) is 0 Å². The summed E-state index contributed by atoms with van der Waals surface area (Å²) in [7, 11) is 0. The highest BCUT2D eigenvalue weighted by Crippen LogP contribution is 2.16. The molecule has 20 heavy (non-hydrogen) atoms. The number of rotatable bonds is 7. The van der Waals surface area contributed by atoms with Crippen molar-refractivity contribution in [2.24, 2.45) is 10.9 Å². The average molecular weight is 280 g/mol. The molecule has 0 aromatic carbocycles. The van der Waals surface area contributed by atoms with Gasteiger partial charge in [-0.3, -0.25) is 9.88 Å². The van der Waals surface area contributed by atoms with Crippen molar-refractivity contribution in [1.29, 1.82) is 0 Å². The second-order valence-electron chi connectivity index (χ2n) is 5.13. The third-order valence-corrected chi connectivity index (χ3v) is 3.10. The van der Waals surface area contributed by atoms with Gasteiger partial charge in [0.1, 0.15) is 12.4 Å². The molecule has 1 aromatic heterocycles. The molecule has 112 valence electrons. The first-order valence-corrected chi connectivity index (χ1v) is 6.77. The van der Waals surface area contributed by atoms with E-state index in [0.717, 1.165) is 6.54 Å². The fourth-order valence-corrected chi connectivity index (χ4v) is 2.13. The number of hydrogen-bond acceptors (Lipinski definition) is 5. The molecule has 1 rings (SSSR count). The summed E-state index contributed by atoms with van der Waals surface area (Å²) in [5, 5.41) is 11.7. The topological polar surface area (TPSA) is 84.0 Å². The highest BCUT2D eigenvalue weighted by Gasteiger charge is 2.14. The Kier molecular flexibility index (Phi) is 6.24. The lowest BCUT2D eigenvalue weighted by Gasteiger charge is -2.30. The highest BCUT2D eigenvalue weighted by atomic mass is 16.5. The summed E-state index contributed by atoms with van der Waals surface area (Å²) in [6, 6.07) is 2.57. The molecule has 0 aliphatic rings. The van der Waals surface area contributed by atoms with Gasteiger partial charge in [-0.15, -0.1) is 0 Å². The summed E-state index contributed by atoms with van der Waals surface area (Å²) >= 11 is 0. The third kappa shape index (κ3) is 4.38. The molecule has 0 radical (unpaired) electrons. The zero-order valence-corrected chi connectivity index (χ0v) is 12.6. The maximum absolute atomic E-state index is 8.75. The molecule has 1 heterocycles. The molecule has 6 nitrogen and oxygen atoms in total. The Bertz CT molecular complexity index is 439. The van der Waals surface area contributed by atoms with E-state index in [4.69, 9.17) is 15.7 Å². The van der Waals surface area contributed by atoms with Gasteiger partial charge in [-0.2, -0.15) is 0 Å². The monoisotopic (exact) mass is 280 g/mol. The number of oxime groups is 1. The van der Waals surface area contributed by atoms with Gasteiger partial charge in [-0.25, -0.2) is 0 Å². The van der Waals surface area contributed by atoms with Crippen LogP contribution in [0.1, 0.15) is 33.3 Å². The number of aromatic nitrogens is 1. The second kappa shape index (κ2) is 7.69. The Morgan fingerprint density at radius 2 is 2.05 bits per heavy atom. The molecule has 0 unspecified atom stereocenters. The quantitative estimate of drug-likeness (QED) is 0.343. The molecule has 3 N–H and O–H groups in total. The molecule has 1 aromatic rings. The molecular weight excluding hydrogens is 256 g/mol. The number of amidine groups is 1. The van der Waals surface area contributed by atoms with Crippen molar-refractivity contribution in [3.63, 3.8) is 0 Å². The van der Waals surface area contributed by atoms with Crippen LogP contribution in [-0.2, 0) is 0 Å². The van der Waals surface area contributed by atoms with Gasteiger partial charge in [0, 0.05) is 24.8 Å². The summed E-state index contributed by atoms with van der Waals surface area (Å²) in [6.45, 7) is 9.96. The van der Waals surface area contributed by atoms with Crippen molar-refractivity contribution >= 4 is 5.84 Å². The largest absolute Gasteiger partial charge is 0.490 e. The first kappa shape index (κ1) is 16.2. The van der Waals surface area contributed by atoms with E-state index in [1.807, 2.05) is 0 Å². The summed E-state index contributed by atoms with van der Waals surface area (Å²) < 4.78 is 5.71. The van der Waals surface area contributed by atoms with Crippen LogP contribution in [0.2, 0.25) is 0 Å². The first-order valence-electron chi connectivity index (χ1n) is 6.77. The molecule has 0 fully saturated rings. The summed E-state index contributed by atoms with van der Waals surface area (Å²) in [5.74, 6) is 0.544. The Hall–Kier alpha value is -1.82.